The number of fused-ring (bicyclic) bond motifs is 1. The van der Waals surface area contributed by atoms with Crippen LogP contribution in [0.25, 0.3) is 0 Å². The largest absolute Gasteiger partial charge is 0.454 e. The van der Waals surface area contributed by atoms with E-state index in [2.05, 4.69) is 13.8 Å². The Morgan fingerprint density at radius 2 is 1.78 bits per heavy atom. The second kappa shape index (κ2) is 9.78. The maximum atomic E-state index is 10.3. The van der Waals surface area contributed by atoms with Gasteiger partial charge in [0.05, 0.1) is 6.10 Å². The Morgan fingerprint density at radius 1 is 1.00 bits per heavy atom. The van der Waals surface area contributed by atoms with Gasteiger partial charge in [0.1, 0.15) is 0 Å². The van der Waals surface area contributed by atoms with Crippen LogP contribution in [0.3, 0.4) is 0 Å². The second-order valence-electron chi connectivity index (χ2n) is 6.63. The van der Waals surface area contributed by atoms with Crippen LogP contribution in [0.4, 0.5) is 0 Å². The summed E-state index contributed by atoms with van der Waals surface area (Å²) in [5, 5.41) is 10.3. The smallest absolute Gasteiger partial charge is 0.231 e. The first-order chi connectivity index (χ1) is 11.2. The fourth-order valence-electron chi connectivity index (χ4n) is 2.60. The molecule has 1 aromatic carbocycles. The van der Waals surface area contributed by atoms with Gasteiger partial charge in [0, 0.05) is 13.2 Å². The van der Waals surface area contributed by atoms with Crippen molar-refractivity contribution < 1.29 is 19.3 Å². The number of rotatable bonds is 11. The Labute approximate surface area is 139 Å². The summed E-state index contributed by atoms with van der Waals surface area (Å²) in [5.41, 5.74) is 0.909. The summed E-state index contributed by atoms with van der Waals surface area (Å²) in [6.45, 7) is 6.44. The molecular weight excluding hydrogens is 292 g/mol. The highest BCUT2D eigenvalue weighted by Gasteiger charge is 2.16. The average molecular weight is 322 g/mol. The molecule has 0 fully saturated rings. The molecule has 4 heteroatoms. The first-order valence-corrected chi connectivity index (χ1v) is 8.82. The molecular formula is C19H30O4. The van der Waals surface area contributed by atoms with Crippen LogP contribution in [0.15, 0.2) is 18.2 Å². The Morgan fingerprint density at radius 3 is 2.61 bits per heavy atom. The fraction of sp³-hybridized carbons (Fsp3) is 0.684. The van der Waals surface area contributed by atoms with E-state index in [9.17, 15) is 5.11 Å². The van der Waals surface area contributed by atoms with Crippen LogP contribution in [-0.2, 0) is 4.74 Å². The van der Waals surface area contributed by atoms with E-state index in [1.807, 2.05) is 18.2 Å². The predicted octanol–water partition coefficient (Wildman–Crippen LogP) is 4.46. The molecule has 0 saturated carbocycles. The quantitative estimate of drug-likeness (QED) is 0.611. The number of benzene rings is 1. The summed E-state index contributed by atoms with van der Waals surface area (Å²) in [7, 11) is 0. The van der Waals surface area contributed by atoms with Crippen LogP contribution in [0.1, 0.15) is 64.0 Å². The van der Waals surface area contributed by atoms with Crippen molar-refractivity contribution >= 4 is 0 Å². The molecule has 0 aromatic heterocycles. The molecule has 0 spiro atoms. The van der Waals surface area contributed by atoms with Gasteiger partial charge in [-0.3, -0.25) is 0 Å². The molecule has 1 aliphatic heterocycles. The molecule has 0 saturated heterocycles. The van der Waals surface area contributed by atoms with Gasteiger partial charge in [0.2, 0.25) is 6.79 Å². The maximum absolute atomic E-state index is 10.3. The zero-order valence-corrected chi connectivity index (χ0v) is 14.4. The van der Waals surface area contributed by atoms with Crippen molar-refractivity contribution in [1.29, 1.82) is 0 Å². The van der Waals surface area contributed by atoms with Gasteiger partial charge in [-0.05, 0) is 42.9 Å². The Hall–Kier alpha value is -1.26. The highest BCUT2D eigenvalue weighted by atomic mass is 16.7. The second-order valence-corrected chi connectivity index (χ2v) is 6.63. The third-order valence-electron chi connectivity index (χ3n) is 4.14. The summed E-state index contributed by atoms with van der Waals surface area (Å²) >= 11 is 0. The molecule has 1 unspecified atom stereocenters. The van der Waals surface area contributed by atoms with Gasteiger partial charge in [0.15, 0.2) is 11.5 Å². The van der Waals surface area contributed by atoms with Crippen molar-refractivity contribution in [3.05, 3.63) is 23.8 Å². The third-order valence-corrected chi connectivity index (χ3v) is 4.14. The van der Waals surface area contributed by atoms with E-state index in [0.717, 1.165) is 68.8 Å². The summed E-state index contributed by atoms with van der Waals surface area (Å²) in [6, 6.07) is 5.67. The molecule has 1 atom stereocenters. The summed E-state index contributed by atoms with van der Waals surface area (Å²) in [4.78, 5) is 0. The van der Waals surface area contributed by atoms with Gasteiger partial charge in [-0.15, -0.1) is 0 Å². The summed E-state index contributed by atoms with van der Waals surface area (Å²) < 4.78 is 16.2. The summed E-state index contributed by atoms with van der Waals surface area (Å²) in [6.07, 6.45) is 5.94. The van der Waals surface area contributed by atoms with Crippen molar-refractivity contribution in [2.75, 3.05) is 20.0 Å². The highest BCUT2D eigenvalue weighted by molar-refractivity contribution is 5.45. The zero-order valence-electron chi connectivity index (χ0n) is 14.4. The van der Waals surface area contributed by atoms with E-state index in [4.69, 9.17) is 14.2 Å². The number of ether oxygens (including phenoxy) is 3. The lowest BCUT2D eigenvalue weighted by atomic mass is 10.0. The molecule has 2 rings (SSSR count). The normalized spacial score (nSPS) is 14.4. The fourth-order valence-corrected chi connectivity index (χ4v) is 2.60. The summed E-state index contributed by atoms with van der Waals surface area (Å²) in [5.74, 6) is 2.21. The minimum Gasteiger partial charge on any atom is -0.454 e. The number of unbranched alkanes of at least 4 members (excludes halogenated alkanes) is 3. The minimum atomic E-state index is -0.424. The average Bonchev–Trinajstić information content (AvgIpc) is 3.00. The molecule has 0 aliphatic carbocycles. The van der Waals surface area contributed by atoms with Crippen LogP contribution in [0.5, 0.6) is 11.5 Å². The first-order valence-electron chi connectivity index (χ1n) is 8.82. The molecule has 0 amide bonds. The van der Waals surface area contributed by atoms with Crippen molar-refractivity contribution in [1.82, 2.24) is 0 Å². The zero-order chi connectivity index (χ0) is 16.5. The van der Waals surface area contributed by atoms with E-state index in [1.54, 1.807) is 0 Å². The standard InChI is InChI=1S/C19H30O4/c1-15(2)10-12-21-11-6-4-3-5-7-17(20)16-8-9-18-19(13-16)23-14-22-18/h8-9,13,15,17,20H,3-7,10-12,14H2,1-2H3. The topological polar surface area (TPSA) is 47.9 Å². The molecule has 130 valence electrons. The van der Waals surface area contributed by atoms with Gasteiger partial charge in [-0.25, -0.2) is 0 Å². The van der Waals surface area contributed by atoms with Crippen molar-refractivity contribution in [2.24, 2.45) is 5.92 Å². The van der Waals surface area contributed by atoms with E-state index in [0.29, 0.717) is 5.92 Å². The van der Waals surface area contributed by atoms with E-state index in [1.165, 1.54) is 0 Å². The Kier molecular flexibility index (Phi) is 7.69. The van der Waals surface area contributed by atoms with Crippen LogP contribution in [-0.4, -0.2) is 25.1 Å². The van der Waals surface area contributed by atoms with Crippen LogP contribution < -0.4 is 9.47 Å². The van der Waals surface area contributed by atoms with Gasteiger partial charge in [-0.1, -0.05) is 39.2 Å². The van der Waals surface area contributed by atoms with Crippen molar-refractivity contribution in [3.8, 4) is 11.5 Å². The number of hydrogen-bond acceptors (Lipinski definition) is 4. The predicted molar refractivity (Wildman–Crippen MR) is 90.9 cm³/mol. The maximum Gasteiger partial charge on any atom is 0.231 e. The number of hydrogen-bond donors (Lipinski definition) is 1. The van der Waals surface area contributed by atoms with Gasteiger partial charge in [-0.2, -0.15) is 0 Å². The molecule has 0 radical (unpaired) electrons. The van der Waals surface area contributed by atoms with Crippen molar-refractivity contribution in [2.45, 2.75) is 58.5 Å². The SMILES string of the molecule is CC(C)CCOCCCCCCC(O)c1ccc2c(c1)OCO2. The Balaban J connectivity index is 1.52. The minimum absolute atomic E-state index is 0.272. The molecule has 0 bridgehead atoms. The Bertz CT molecular complexity index is 459. The monoisotopic (exact) mass is 322 g/mol. The number of aliphatic hydroxyl groups excluding tert-OH is 1. The van der Waals surface area contributed by atoms with Gasteiger partial charge >= 0.3 is 0 Å². The van der Waals surface area contributed by atoms with E-state index < -0.39 is 6.10 Å². The molecule has 1 aliphatic rings. The van der Waals surface area contributed by atoms with Crippen LogP contribution in [0, 0.1) is 5.92 Å². The lowest BCUT2D eigenvalue weighted by Crippen LogP contribution is -2.01. The lowest BCUT2D eigenvalue weighted by Gasteiger charge is -2.11. The lowest BCUT2D eigenvalue weighted by molar-refractivity contribution is 0.119. The number of aliphatic hydroxyl groups is 1. The molecule has 1 N–H and O–H groups in total. The highest BCUT2D eigenvalue weighted by Crippen LogP contribution is 2.35. The van der Waals surface area contributed by atoms with Crippen LogP contribution in [0.2, 0.25) is 0 Å². The molecule has 1 heterocycles. The first kappa shape index (κ1) is 18.1. The van der Waals surface area contributed by atoms with Crippen LogP contribution >= 0.6 is 0 Å². The molecule has 23 heavy (non-hydrogen) atoms. The van der Waals surface area contributed by atoms with Crippen molar-refractivity contribution in [3.63, 3.8) is 0 Å². The molecule has 1 aromatic rings. The van der Waals surface area contributed by atoms with E-state index >= 15 is 0 Å². The van der Waals surface area contributed by atoms with Gasteiger partial charge < -0.3 is 19.3 Å². The van der Waals surface area contributed by atoms with Gasteiger partial charge in [0.25, 0.3) is 0 Å². The molecule has 4 nitrogen and oxygen atoms in total. The van der Waals surface area contributed by atoms with E-state index in [-0.39, 0.29) is 6.79 Å². The third kappa shape index (κ3) is 6.40.